The van der Waals surface area contributed by atoms with Gasteiger partial charge in [0, 0.05) is 11.6 Å². The molecule has 2 unspecified atom stereocenters. The highest BCUT2D eigenvalue weighted by molar-refractivity contribution is 7.90. The molecule has 3 aliphatic rings. The monoisotopic (exact) mass is 480 g/mol. The number of ether oxygens (including phenoxy) is 1. The van der Waals surface area contributed by atoms with Gasteiger partial charge >= 0.3 is 0 Å². The second kappa shape index (κ2) is 8.03. The Kier molecular flexibility index (Phi) is 5.41. The highest BCUT2D eigenvalue weighted by Crippen LogP contribution is 2.46. The van der Waals surface area contributed by atoms with Crippen molar-refractivity contribution in [3.05, 3.63) is 34.0 Å². The van der Waals surface area contributed by atoms with Crippen LogP contribution in [0.1, 0.15) is 51.5 Å². The molecule has 178 valence electrons. The van der Waals surface area contributed by atoms with E-state index in [0.717, 1.165) is 29.5 Å². The molecule has 2 heterocycles. The van der Waals surface area contributed by atoms with Gasteiger partial charge in [0.1, 0.15) is 16.5 Å². The summed E-state index contributed by atoms with van der Waals surface area (Å²) in [6.07, 6.45) is 0.711. The number of alkyl halides is 2. The number of nitrogens with two attached hydrogens (primary N) is 1. The molecule has 0 saturated carbocycles. The van der Waals surface area contributed by atoms with E-state index in [4.69, 9.17) is 14.7 Å². The van der Waals surface area contributed by atoms with Gasteiger partial charge in [0.2, 0.25) is 12.3 Å². The molecule has 0 fully saturated rings. The van der Waals surface area contributed by atoms with E-state index in [-0.39, 0.29) is 29.1 Å². The highest BCUT2D eigenvalue weighted by atomic mass is 32.2. The third-order valence-corrected chi connectivity index (χ3v) is 7.74. The Balaban J connectivity index is 1.59. The van der Waals surface area contributed by atoms with Crippen molar-refractivity contribution in [2.75, 3.05) is 19.0 Å². The molecule has 0 radical (unpaired) electrons. The lowest BCUT2D eigenvalue weighted by atomic mass is 9.94. The minimum absolute atomic E-state index is 0.0307. The zero-order valence-corrected chi connectivity index (χ0v) is 18.9. The van der Waals surface area contributed by atoms with Crippen molar-refractivity contribution < 1.29 is 22.5 Å². The fourth-order valence-electron chi connectivity index (χ4n) is 5.21. The van der Waals surface area contributed by atoms with Gasteiger partial charge in [-0.3, -0.25) is 4.79 Å². The molecule has 5 rings (SSSR count). The largest absolute Gasteiger partial charge is 0.475 e. The first kappa shape index (κ1) is 22.2. The van der Waals surface area contributed by atoms with Crippen molar-refractivity contribution in [1.82, 2.24) is 15.1 Å². The Morgan fingerprint density at radius 3 is 2.85 bits per heavy atom. The minimum Gasteiger partial charge on any atom is -0.475 e. The molecule has 33 heavy (non-hydrogen) atoms. The maximum atomic E-state index is 13.8. The number of aromatic nitrogens is 2. The third kappa shape index (κ3) is 3.69. The number of halogens is 2. The predicted molar refractivity (Wildman–Crippen MR) is 117 cm³/mol. The molecule has 2 aromatic rings. The molecule has 0 bridgehead atoms. The fraction of sp³-hybridized carbons (Fsp3) is 0.524. The molecule has 9 nitrogen and oxygen atoms in total. The zero-order valence-electron chi connectivity index (χ0n) is 18.1. The van der Waals surface area contributed by atoms with Crippen molar-refractivity contribution in [3.63, 3.8) is 0 Å². The number of anilines is 1. The summed E-state index contributed by atoms with van der Waals surface area (Å²) in [5.41, 5.74) is 3.38. The molecule has 1 aromatic carbocycles. The van der Waals surface area contributed by atoms with E-state index in [1.54, 1.807) is 7.05 Å². The number of hydrogen-bond donors (Lipinski definition) is 4. The summed E-state index contributed by atoms with van der Waals surface area (Å²) in [6.45, 7) is 0.576. The van der Waals surface area contributed by atoms with Gasteiger partial charge in [-0.15, -0.1) is 0 Å². The molecule has 0 spiro atoms. The highest BCUT2D eigenvalue weighted by Gasteiger charge is 2.38. The number of fused-ring (bicyclic) bond motifs is 3. The first-order valence-corrected chi connectivity index (χ1v) is 12.6. The lowest BCUT2D eigenvalue weighted by Crippen LogP contribution is -2.40. The van der Waals surface area contributed by atoms with Crippen LogP contribution in [0.15, 0.2) is 11.0 Å². The number of rotatable bonds is 5. The predicted octanol–water partition coefficient (Wildman–Crippen LogP) is 2.18. The number of amides is 1. The van der Waals surface area contributed by atoms with Gasteiger partial charge < -0.3 is 15.4 Å². The lowest BCUT2D eigenvalue weighted by Gasteiger charge is -2.23. The smallest absolute Gasteiger partial charge is 0.277 e. The quantitative estimate of drug-likeness (QED) is 0.520. The Labute approximate surface area is 190 Å². The number of aryl methyl sites for hydroxylation is 2. The van der Waals surface area contributed by atoms with Crippen molar-refractivity contribution >= 4 is 21.5 Å². The molecule has 3 atom stereocenters. The van der Waals surface area contributed by atoms with Crippen molar-refractivity contribution in [3.8, 4) is 5.88 Å². The molecule has 1 aromatic heterocycles. The van der Waals surface area contributed by atoms with Gasteiger partial charge in [-0.25, -0.2) is 27.6 Å². The molecule has 1 amide bonds. The number of benzene rings is 1. The van der Waals surface area contributed by atoms with E-state index in [1.807, 2.05) is 6.07 Å². The Morgan fingerprint density at radius 1 is 1.36 bits per heavy atom. The average molecular weight is 481 g/mol. The van der Waals surface area contributed by atoms with Gasteiger partial charge in [-0.1, -0.05) is 6.07 Å². The van der Waals surface area contributed by atoms with Gasteiger partial charge in [-0.05, 0) is 61.4 Å². The van der Waals surface area contributed by atoms with Gasteiger partial charge in [0.25, 0.3) is 5.91 Å². The zero-order chi connectivity index (χ0) is 23.5. The van der Waals surface area contributed by atoms with Crippen LogP contribution in [-0.2, 0) is 35.7 Å². The summed E-state index contributed by atoms with van der Waals surface area (Å²) < 4.78 is 55.2. The normalized spacial score (nSPS) is 22.9. The summed E-state index contributed by atoms with van der Waals surface area (Å²) in [6, 6.07) is 1.91. The number of carbonyl (C=O) groups excluding carboxylic acids is 1. The van der Waals surface area contributed by atoms with Crippen LogP contribution in [0.3, 0.4) is 0 Å². The third-order valence-electron chi connectivity index (χ3n) is 6.77. The van der Waals surface area contributed by atoms with Crippen molar-refractivity contribution in [2.24, 2.45) is 5.14 Å². The van der Waals surface area contributed by atoms with Crippen LogP contribution in [0.4, 0.5) is 14.5 Å². The van der Waals surface area contributed by atoms with E-state index in [1.165, 1.54) is 4.68 Å². The average Bonchev–Trinajstić information content (AvgIpc) is 3.48. The molecule has 2 aliphatic carbocycles. The Hall–Kier alpha value is -2.57. The van der Waals surface area contributed by atoms with Crippen molar-refractivity contribution in [2.45, 2.75) is 61.9 Å². The molecule has 1 aliphatic heterocycles. The van der Waals surface area contributed by atoms with E-state index >= 15 is 0 Å². The summed E-state index contributed by atoms with van der Waals surface area (Å²) in [5, 5.41) is 15.8. The molecular formula is C21H26F2N6O3S. The molecule has 0 saturated heterocycles. The molecular weight excluding hydrogens is 454 g/mol. The summed E-state index contributed by atoms with van der Waals surface area (Å²) >= 11 is 0. The van der Waals surface area contributed by atoms with Crippen LogP contribution in [0.5, 0.6) is 5.88 Å². The lowest BCUT2D eigenvalue weighted by molar-refractivity contribution is 0.101. The summed E-state index contributed by atoms with van der Waals surface area (Å²) in [7, 11) is -2.10. The maximum absolute atomic E-state index is 13.8. The topological polar surface area (TPSA) is 135 Å². The second-order valence-electron chi connectivity index (χ2n) is 8.81. The van der Waals surface area contributed by atoms with Gasteiger partial charge in [0.05, 0.1) is 12.6 Å². The maximum Gasteiger partial charge on any atom is 0.277 e. The van der Waals surface area contributed by atoms with E-state index in [0.29, 0.717) is 37.1 Å². The van der Waals surface area contributed by atoms with Crippen LogP contribution in [0, 0.1) is 4.78 Å². The Bertz CT molecular complexity index is 1240. The van der Waals surface area contributed by atoms with Crippen LogP contribution in [-0.4, -0.2) is 46.0 Å². The number of likely N-dealkylation sites (N-methyl/N-ethyl adjacent to an activating group) is 1. The van der Waals surface area contributed by atoms with Crippen molar-refractivity contribution in [1.29, 1.82) is 4.78 Å². The Morgan fingerprint density at radius 2 is 2.15 bits per heavy atom. The summed E-state index contributed by atoms with van der Waals surface area (Å²) in [4.78, 5) is 13.1. The van der Waals surface area contributed by atoms with Gasteiger partial charge in [0.15, 0.2) is 10.6 Å². The minimum atomic E-state index is -3.85. The second-order valence-corrected chi connectivity index (χ2v) is 10.4. The number of nitrogens with zero attached hydrogens (tertiary/aromatic N) is 2. The standard InChI is InChI=1S/C21H26F2N6O3S/c1-26-12-8-29-21(32-9-12)18(33(24,25)31)17(28-29)20(30)27-16-13-4-2-3-10(13)7-11-5-6-14(15(11)16)19(22)23/h7,12,14,19,26H,2-6,8-9H2,1H3,(H,27,30)(H3,24,25,31)/t12?,14-/m0/s1. The van der Waals surface area contributed by atoms with E-state index < -0.39 is 28.2 Å². The number of carbonyl (C=O) groups is 1. The van der Waals surface area contributed by atoms with Crippen LogP contribution in [0.25, 0.3) is 0 Å². The van der Waals surface area contributed by atoms with E-state index in [2.05, 4.69) is 15.7 Å². The first-order chi connectivity index (χ1) is 15.7. The van der Waals surface area contributed by atoms with Gasteiger partial charge in [-0.2, -0.15) is 5.10 Å². The van der Waals surface area contributed by atoms with Crippen LogP contribution >= 0.6 is 0 Å². The fourth-order valence-corrected chi connectivity index (χ4v) is 6.05. The molecule has 5 N–H and O–H groups in total. The van der Waals surface area contributed by atoms with Crippen LogP contribution < -0.4 is 20.5 Å². The van der Waals surface area contributed by atoms with E-state index in [9.17, 15) is 17.8 Å². The number of hydrogen-bond acceptors (Lipinski definition) is 6. The van der Waals surface area contributed by atoms with Crippen LogP contribution in [0.2, 0.25) is 0 Å². The first-order valence-electron chi connectivity index (χ1n) is 10.9. The summed E-state index contributed by atoms with van der Waals surface area (Å²) in [5.74, 6) is -1.65. The SMILES string of the molecule is CNC1COc2c(S(=N)(N)=O)c(C(=O)Nc3c4c(cc5c3[C@@H](C(F)F)CC5)CCC4)nn2C1. The number of nitrogens with one attached hydrogen (secondary N) is 3. The molecule has 12 heteroatoms.